The van der Waals surface area contributed by atoms with E-state index in [0.29, 0.717) is 28.4 Å². The number of thiophene rings is 1. The number of pyridine rings is 1. The molecule has 34 heavy (non-hydrogen) atoms. The van der Waals surface area contributed by atoms with Crippen LogP contribution in [0.2, 0.25) is 5.02 Å². The van der Waals surface area contributed by atoms with E-state index in [0.717, 1.165) is 33.0 Å². The molecule has 0 bridgehead atoms. The third-order valence-electron chi connectivity index (χ3n) is 4.95. The largest absolute Gasteiger partial charge is 0.492 e. The molecule has 3 aromatic heterocycles. The van der Waals surface area contributed by atoms with Crippen LogP contribution in [0.3, 0.4) is 0 Å². The molecule has 0 unspecified atom stereocenters. The van der Waals surface area contributed by atoms with Crippen molar-refractivity contribution in [2.75, 3.05) is 11.9 Å². The Morgan fingerprint density at radius 2 is 2.06 bits per heavy atom. The van der Waals surface area contributed by atoms with Crippen LogP contribution in [-0.2, 0) is 6.42 Å². The number of rotatable bonds is 9. The van der Waals surface area contributed by atoms with E-state index >= 15 is 0 Å². The predicted octanol–water partition coefficient (Wildman–Crippen LogP) is 7.63. The van der Waals surface area contributed by atoms with Gasteiger partial charge >= 0.3 is 5.97 Å². The van der Waals surface area contributed by atoms with Gasteiger partial charge in [-0.1, -0.05) is 31.5 Å². The van der Waals surface area contributed by atoms with Gasteiger partial charge in [0.25, 0.3) is 0 Å². The summed E-state index contributed by atoms with van der Waals surface area (Å²) in [5, 5.41) is 16.0. The second-order valence-corrected chi connectivity index (χ2v) is 10.4. The molecule has 0 spiro atoms. The van der Waals surface area contributed by atoms with E-state index in [-0.39, 0.29) is 11.4 Å². The van der Waals surface area contributed by atoms with Crippen molar-refractivity contribution in [1.29, 1.82) is 0 Å². The maximum atomic E-state index is 12.0. The molecule has 2 N–H and O–H groups in total. The lowest BCUT2D eigenvalue weighted by Gasteiger charge is -2.09. The van der Waals surface area contributed by atoms with Crippen molar-refractivity contribution in [1.82, 2.24) is 9.97 Å². The molecule has 0 atom stereocenters. The Labute approximate surface area is 211 Å². The second kappa shape index (κ2) is 10.5. The van der Waals surface area contributed by atoms with E-state index < -0.39 is 5.97 Å². The second-order valence-electron chi connectivity index (χ2n) is 7.99. The maximum absolute atomic E-state index is 12.0. The number of aromatic carboxylic acids is 1. The molecule has 0 aliphatic carbocycles. The number of nitrogens with zero attached hydrogens (tertiary/aromatic N) is 2. The van der Waals surface area contributed by atoms with Crippen LogP contribution >= 0.6 is 34.3 Å². The first-order valence-electron chi connectivity index (χ1n) is 10.8. The molecule has 0 aliphatic heterocycles. The summed E-state index contributed by atoms with van der Waals surface area (Å²) in [6, 6.07) is 11.1. The maximum Gasteiger partial charge on any atom is 0.339 e. The SMILES string of the molecule is CCOc1ccc(-c2nc(Nc3ncc(-c4cccs4)cc3C(=O)O)sc2CC(C)C)cc1Cl. The number of aromatic nitrogens is 2. The molecule has 6 nitrogen and oxygen atoms in total. The topological polar surface area (TPSA) is 84.3 Å². The van der Waals surface area contributed by atoms with Gasteiger partial charge in [-0.3, -0.25) is 0 Å². The van der Waals surface area contributed by atoms with Crippen molar-refractivity contribution < 1.29 is 14.6 Å². The van der Waals surface area contributed by atoms with E-state index in [9.17, 15) is 9.90 Å². The van der Waals surface area contributed by atoms with Gasteiger partial charge in [0, 0.05) is 27.1 Å². The van der Waals surface area contributed by atoms with E-state index in [2.05, 4.69) is 24.1 Å². The monoisotopic (exact) mass is 513 g/mol. The third kappa shape index (κ3) is 5.41. The first-order chi connectivity index (χ1) is 16.4. The minimum atomic E-state index is -1.05. The number of ether oxygens (including phenoxy) is 1. The average Bonchev–Trinajstić information content (AvgIpc) is 3.45. The molecule has 0 aliphatic rings. The van der Waals surface area contributed by atoms with Gasteiger partial charge in [-0.05, 0) is 55.0 Å². The Morgan fingerprint density at radius 1 is 1.24 bits per heavy atom. The predicted molar refractivity (Wildman–Crippen MR) is 140 cm³/mol. The van der Waals surface area contributed by atoms with E-state index in [4.69, 9.17) is 21.3 Å². The number of carboxylic acid groups (broad SMARTS) is 1. The minimum Gasteiger partial charge on any atom is -0.492 e. The first-order valence-corrected chi connectivity index (χ1v) is 12.9. The number of halogens is 1. The highest BCUT2D eigenvalue weighted by atomic mass is 35.5. The molecule has 4 rings (SSSR count). The summed E-state index contributed by atoms with van der Waals surface area (Å²) in [5.41, 5.74) is 2.56. The van der Waals surface area contributed by atoms with Crippen molar-refractivity contribution in [2.45, 2.75) is 27.2 Å². The van der Waals surface area contributed by atoms with Gasteiger partial charge in [0.15, 0.2) is 5.13 Å². The van der Waals surface area contributed by atoms with Gasteiger partial charge in [0.2, 0.25) is 0 Å². The molecule has 0 amide bonds. The number of carboxylic acids is 1. The van der Waals surface area contributed by atoms with Crippen LogP contribution in [0.25, 0.3) is 21.7 Å². The molecule has 176 valence electrons. The molecule has 9 heteroatoms. The fourth-order valence-electron chi connectivity index (χ4n) is 3.47. The molecule has 3 heterocycles. The Kier molecular flexibility index (Phi) is 7.50. The summed E-state index contributed by atoms with van der Waals surface area (Å²) in [6.07, 6.45) is 2.51. The lowest BCUT2D eigenvalue weighted by molar-refractivity contribution is 0.0697. The highest BCUT2D eigenvalue weighted by molar-refractivity contribution is 7.16. The fourth-order valence-corrected chi connectivity index (χ4v) is 5.61. The Bertz CT molecular complexity index is 1300. The highest BCUT2D eigenvalue weighted by Crippen LogP contribution is 2.38. The van der Waals surface area contributed by atoms with Crippen LogP contribution in [0.1, 0.15) is 36.0 Å². The van der Waals surface area contributed by atoms with Crippen LogP contribution in [-0.4, -0.2) is 27.7 Å². The number of hydrogen-bond acceptors (Lipinski definition) is 7. The standard InChI is InChI=1S/C25H24ClN3O3S2/c1-4-32-19-8-7-15(12-18(19)26)22-21(10-14(2)3)34-25(28-22)29-23-17(24(30)31)11-16(13-27-23)20-6-5-9-33-20/h5-9,11-14H,4,10H2,1-3H3,(H,30,31)(H,27,28,29). The summed E-state index contributed by atoms with van der Waals surface area (Å²) in [6.45, 7) is 6.74. The van der Waals surface area contributed by atoms with E-state index in [1.54, 1.807) is 12.3 Å². The molecule has 0 saturated carbocycles. The van der Waals surface area contributed by atoms with Crippen LogP contribution < -0.4 is 10.1 Å². The lowest BCUT2D eigenvalue weighted by Crippen LogP contribution is -2.05. The molecule has 4 aromatic rings. The number of thiazole rings is 1. The first kappa shape index (κ1) is 24.2. The van der Waals surface area contributed by atoms with Gasteiger partial charge in [0.1, 0.15) is 17.1 Å². The van der Waals surface area contributed by atoms with Gasteiger partial charge in [0.05, 0.1) is 17.3 Å². The van der Waals surface area contributed by atoms with Gasteiger partial charge in [-0.15, -0.1) is 22.7 Å². The van der Waals surface area contributed by atoms with Gasteiger partial charge in [-0.2, -0.15) is 0 Å². The zero-order valence-corrected chi connectivity index (χ0v) is 21.4. The van der Waals surface area contributed by atoms with E-state index in [1.807, 2.05) is 42.6 Å². The summed E-state index contributed by atoms with van der Waals surface area (Å²) in [4.78, 5) is 23.2. The molecular formula is C25H24ClN3O3S2. The van der Waals surface area contributed by atoms with Crippen molar-refractivity contribution >= 4 is 51.2 Å². The van der Waals surface area contributed by atoms with Crippen molar-refractivity contribution in [2.24, 2.45) is 5.92 Å². The van der Waals surface area contributed by atoms with Crippen molar-refractivity contribution in [3.63, 3.8) is 0 Å². The number of carbonyl (C=O) groups is 1. The zero-order chi connectivity index (χ0) is 24.2. The lowest BCUT2D eigenvalue weighted by atomic mass is 10.0. The van der Waals surface area contributed by atoms with Crippen LogP contribution in [0.4, 0.5) is 10.9 Å². The highest BCUT2D eigenvalue weighted by Gasteiger charge is 2.19. The van der Waals surface area contributed by atoms with Crippen molar-refractivity contribution in [3.05, 3.63) is 63.4 Å². The molecule has 1 aromatic carbocycles. The van der Waals surface area contributed by atoms with Crippen LogP contribution in [0.5, 0.6) is 5.75 Å². The molecular weight excluding hydrogens is 490 g/mol. The summed E-state index contributed by atoms with van der Waals surface area (Å²) < 4.78 is 5.55. The molecule has 0 saturated heterocycles. The Balaban J connectivity index is 1.70. The van der Waals surface area contributed by atoms with Gasteiger partial charge < -0.3 is 15.2 Å². The summed E-state index contributed by atoms with van der Waals surface area (Å²) >= 11 is 9.46. The summed E-state index contributed by atoms with van der Waals surface area (Å²) in [5.74, 6) is 0.260. The number of nitrogens with one attached hydrogen (secondary N) is 1. The van der Waals surface area contributed by atoms with Crippen molar-refractivity contribution in [3.8, 4) is 27.4 Å². The third-order valence-corrected chi connectivity index (χ3v) is 7.15. The van der Waals surface area contributed by atoms with E-state index in [1.165, 1.54) is 22.7 Å². The Morgan fingerprint density at radius 3 is 2.71 bits per heavy atom. The Hall–Kier alpha value is -2.94. The molecule has 0 fully saturated rings. The number of benzene rings is 1. The quantitative estimate of drug-likeness (QED) is 0.239. The fraction of sp³-hybridized carbons (Fsp3) is 0.240. The summed E-state index contributed by atoms with van der Waals surface area (Å²) in [7, 11) is 0. The van der Waals surface area contributed by atoms with Gasteiger partial charge in [-0.25, -0.2) is 14.8 Å². The number of hydrogen-bond donors (Lipinski definition) is 2. The van der Waals surface area contributed by atoms with Crippen LogP contribution in [0.15, 0.2) is 48.0 Å². The normalized spacial score (nSPS) is 11.1. The average molecular weight is 514 g/mol. The number of anilines is 2. The van der Waals surface area contributed by atoms with Crippen LogP contribution in [0, 0.1) is 5.92 Å². The smallest absolute Gasteiger partial charge is 0.339 e. The zero-order valence-electron chi connectivity index (χ0n) is 19.0. The minimum absolute atomic E-state index is 0.0946. The molecule has 0 radical (unpaired) electrons.